The van der Waals surface area contributed by atoms with E-state index < -0.39 is 30.6 Å². The third kappa shape index (κ3) is 1.71. The SMILES string of the molecule is [C-]#[N+][C@]1(c2ccc3c(N)ncnn23)O[C@@H](CO)[C@@H](O)C1O. The molecule has 9 nitrogen and oxygen atoms in total. The number of nitrogen functional groups attached to an aromatic ring is 1. The molecule has 4 atom stereocenters. The third-order valence-corrected chi connectivity index (χ3v) is 3.63. The van der Waals surface area contributed by atoms with Gasteiger partial charge in [-0.25, -0.2) is 16.1 Å². The van der Waals surface area contributed by atoms with Crippen molar-refractivity contribution in [3.63, 3.8) is 0 Å². The lowest BCUT2D eigenvalue weighted by atomic mass is 10.0. The van der Waals surface area contributed by atoms with E-state index in [1.807, 2.05) is 0 Å². The van der Waals surface area contributed by atoms with Crippen molar-refractivity contribution in [2.45, 2.75) is 24.0 Å². The molecular formula is C12H13N5O4. The molecule has 1 aliphatic heterocycles. The summed E-state index contributed by atoms with van der Waals surface area (Å²) in [5, 5.41) is 33.3. The molecule has 3 heterocycles. The van der Waals surface area contributed by atoms with Gasteiger partial charge < -0.3 is 21.1 Å². The highest BCUT2D eigenvalue weighted by molar-refractivity contribution is 5.65. The number of aliphatic hydroxyl groups excluding tert-OH is 3. The summed E-state index contributed by atoms with van der Waals surface area (Å²) in [4.78, 5) is 7.19. The highest BCUT2D eigenvalue weighted by Crippen LogP contribution is 2.41. The van der Waals surface area contributed by atoms with Gasteiger partial charge in [0.05, 0.1) is 6.61 Å². The number of anilines is 1. The molecule has 21 heavy (non-hydrogen) atoms. The first-order chi connectivity index (χ1) is 10.0. The van der Waals surface area contributed by atoms with E-state index in [0.717, 1.165) is 0 Å². The van der Waals surface area contributed by atoms with Gasteiger partial charge in [0.1, 0.15) is 24.1 Å². The first kappa shape index (κ1) is 13.7. The van der Waals surface area contributed by atoms with Crippen molar-refractivity contribution in [3.8, 4) is 0 Å². The lowest BCUT2D eigenvalue weighted by Crippen LogP contribution is -2.39. The van der Waals surface area contributed by atoms with Crippen molar-refractivity contribution >= 4 is 11.3 Å². The van der Waals surface area contributed by atoms with E-state index >= 15 is 0 Å². The molecular weight excluding hydrogens is 278 g/mol. The Morgan fingerprint density at radius 2 is 2.24 bits per heavy atom. The number of nitrogens with zero attached hydrogens (tertiary/aromatic N) is 4. The Morgan fingerprint density at radius 3 is 2.86 bits per heavy atom. The van der Waals surface area contributed by atoms with Crippen molar-refractivity contribution in [2.24, 2.45) is 0 Å². The van der Waals surface area contributed by atoms with Crippen LogP contribution in [0.2, 0.25) is 0 Å². The van der Waals surface area contributed by atoms with E-state index in [4.69, 9.17) is 17.0 Å². The van der Waals surface area contributed by atoms with Crippen molar-refractivity contribution in [1.82, 2.24) is 14.6 Å². The van der Waals surface area contributed by atoms with Gasteiger partial charge in [0.2, 0.25) is 0 Å². The lowest BCUT2D eigenvalue weighted by Gasteiger charge is -2.18. The van der Waals surface area contributed by atoms with E-state index in [9.17, 15) is 15.3 Å². The number of rotatable bonds is 2. The monoisotopic (exact) mass is 291 g/mol. The van der Waals surface area contributed by atoms with Crippen molar-refractivity contribution < 1.29 is 20.1 Å². The summed E-state index contributed by atoms with van der Waals surface area (Å²) in [5.74, 6) is 0.211. The number of nitrogens with two attached hydrogens (primary N) is 1. The summed E-state index contributed by atoms with van der Waals surface area (Å²) in [7, 11) is 0. The molecule has 2 aromatic rings. The first-order valence-corrected chi connectivity index (χ1v) is 6.17. The Hall–Kier alpha value is -2.25. The van der Waals surface area contributed by atoms with Gasteiger partial charge in [-0.05, 0) is 12.1 Å². The molecule has 9 heteroatoms. The highest BCUT2D eigenvalue weighted by Gasteiger charge is 2.63. The Balaban J connectivity index is 2.20. The smallest absolute Gasteiger partial charge is 0.394 e. The molecule has 1 aliphatic rings. The van der Waals surface area contributed by atoms with E-state index in [1.54, 1.807) is 6.07 Å². The number of ether oxygens (including phenoxy) is 1. The molecule has 3 rings (SSSR count). The molecule has 0 spiro atoms. The Morgan fingerprint density at radius 1 is 1.48 bits per heavy atom. The van der Waals surface area contributed by atoms with Gasteiger partial charge in [0.25, 0.3) is 0 Å². The van der Waals surface area contributed by atoms with Gasteiger partial charge in [-0.2, -0.15) is 5.10 Å². The van der Waals surface area contributed by atoms with E-state index in [1.165, 1.54) is 16.9 Å². The van der Waals surface area contributed by atoms with Crippen LogP contribution in [0.15, 0.2) is 18.5 Å². The second-order valence-electron chi connectivity index (χ2n) is 4.74. The number of fused-ring (bicyclic) bond motifs is 1. The van der Waals surface area contributed by atoms with Gasteiger partial charge in [-0.1, -0.05) is 0 Å². The van der Waals surface area contributed by atoms with Gasteiger partial charge >= 0.3 is 5.72 Å². The molecule has 5 N–H and O–H groups in total. The van der Waals surface area contributed by atoms with E-state index in [2.05, 4.69) is 14.9 Å². The highest BCUT2D eigenvalue weighted by atomic mass is 16.6. The maximum absolute atomic E-state index is 10.2. The summed E-state index contributed by atoms with van der Waals surface area (Å²) in [6, 6.07) is 3.11. The maximum Gasteiger partial charge on any atom is 0.409 e. The number of aliphatic hydroxyl groups is 3. The van der Waals surface area contributed by atoms with Gasteiger partial charge in [-0.15, -0.1) is 0 Å². The van der Waals surface area contributed by atoms with Crippen LogP contribution in [-0.2, 0) is 10.5 Å². The van der Waals surface area contributed by atoms with Gasteiger partial charge in [-0.3, -0.25) is 9.58 Å². The van der Waals surface area contributed by atoms with Crippen LogP contribution in [0.3, 0.4) is 0 Å². The van der Waals surface area contributed by atoms with E-state index in [-0.39, 0.29) is 11.5 Å². The molecule has 0 aromatic carbocycles. The predicted octanol–water partition coefficient (Wildman–Crippen LogP) is -1.50. The molecule has 110 valence electrons. The van der Waals surface area contributed by atoms with Crippen molar-refractivity contribution in [3.05, 3.63) is 35.6 Å². The molecule has 0 radical (unpaired) electrons. The molecule has 1 fully saturated rings. The van der Waals surface area contributed by atoms with Crippen molar-refractivity contribution in [1.29, 1.82) is 0 Å². The van der Waals surface area contributed by atoms with Crippen LogP contribution < -0.4 is 5.73 Å². The molecule has 0 aliphatic carbocycles. The Labute approximate surface area is 119 Å². The standard InChI is InChI=1S/C12H13N5O4/c1-14-12(10(20)9(19)7(4-18)21-12)8-3-2-6-11(13)15-5-16-17(6)8/h2-3,5,7,9-10,18-20H,4H2,(H2,13,15,16)/t7-,9+,10?,12+/m0/s1. The topological polar surface area (TPSA) is 130 Å². The fourth-order valence-electron chi connectivity index (χ4n) is 2.54. The van der Waals surface area contributed by atoms with Gasteiger partial charge in [0, 0.05) is 0 Å². The number of hydrogen-bond donors (Lipinski definition) is 4. The zero-order valence-corrected chi connectivity index (χ0v) is 10.8. The predicted molar refractivity (Wildman–Crippen MR) is 69.7 cm³/mol. The Bertz CT molecular complexity index is 726. The van der Waals surface area contributed by atoms with Crippen LogP contribution in [0.4, 0.5) is 5.82 Å². The average Bonchev–Trinajstić information content (AvgIpc) is 3.03. The van der Waals surface area contributed by atoms with Crippen LogP contribution in [0.25, 0.3) is 10.4 Å². The maximum atomic E-state index is 10.2. The number of aromatic nitrogens is 3. The van der Waals surface area contributed by atoms with Crippen LogP contribution in [0.1, 0.15) is 5.69 Å². The summed E-state index contributed by atoms with van der Waals surface area (Å²) >= 11 is 0. The molecule has 1 unspecified atom stereocenters. The zero-order valence-electron chi connectivity index (χ0n) is 10.8. The first-order valence-electron chi connectivity index (χ1n) is 6.17. The second-order valence-corrected chi connectivity index (χ2v) is 4.74. The quantitative estimate of drug-likeness (QED) is 0.495. The minimum Gasteiger partial charge on any atom is -0.394 e. The summed E-state index contributed by atoms with van der Waals surface area (Å²) in [6.07, 6.45) is -2.75. The largest absolute Gasteiger partial charge is 0.409 e. The zero-order chi connectivity index (χ0) is 15.2. The van der Waals surface area contributed by atoms with Crippen molar-refractivity contribution in [2.75, 3.05) is 12.3 Å². The average molecular weight is 291 g/mol. The minimum absolute atomic E-state index is 0.211. The summed E-state index contributed by atoms with van der Waals surface area (Å²) in [5.41, 5.74) is 4.53. The van der Waals surface area contributed by atoms with Crippen LogP contribution >= 0.6 is 0 Å². The van der Waals surface area contributed by atoms with Crippen LogP contribution in [0, 0.1) is 6.57 Å². The van der Waals surface area contributed by atoms with Crippen LogP contribution in [0.5, 0.6) is 0 Å². The molecule has 0 saturated carbocycles. The summed E-state index contributed by atoms with van der Waals surface area (Å²) in [6.45, 7) is 6.88. The third-order valence-electron chi connectivity index (χ3n) is 3.63. The molecule has 1 saturated heterocycles. The fourth-order valence-corrected chi connectivity index (χ4v) is 2.54. The Kier molecular flexibility index (Phi) is 3.03. The fraction of sp³-hybridized carbons (Fsp3) is 0.417. The molecule has 2 aromatic heterocycles. The summed E-state index contributed by atoms with van der Waals surface area (Å²) < 4.78 is 6.77. The van der Waals surface area contributed by atoms with Crippen LogP contribution in [-0.4, -0.2) is 54.8 Å². The van der Waals surface area contributed by atoms with Gasteiger partial charge in [0.15, 0.2) is 17.6 Å². The lowest BCUT2D eigenvalue weighted by molar-refractivity contribution is -0.0711. The van der Waals surface area contributed by atoms with E-state index in [0.29, 0.717) is 5.52 Å². The normalized spacial score (nSPS) is 32.4. The molecule has 0 amide bonds. The second kappa shape index (κ2) is 4.64. The number of hydrogen-bond acceptors (Lipinski definition) is 7. The minimum atomic E-state index is -1.86. The molecule has 0 bridgehead atoms.